The highest BCUT2D eigenvalue weighted by atomic mass is 32.2. The minimum absolute atomic E-state index is 0.0245. The molecule has 0 bridgehead atoms. The Labute approximate surface area is 196 Å². The molecule has 0 aliphatic carbocycles. The number of aryl methyl sites for hydroxylation is 2. The summed E-state index contributed by atoms with van der Waals surface area (Å²) in [6.07, 6.45) is 0.511. The molecule has 33 heavy (non-hydrogen) atoms. The van der Waals surface area contributed by atoms with Crippen LogP contribution in [0.3, 0.4) is 0 Å². The van der Waals surface area contributed by atoms with Crippen molar-refractivity contribution in [3.63, 3.8) is 0 Å². The topological polar surface area (TPSA) is 108 Å². The lowest BCUT2D eigenvalue weighted by atomic mass is 10.1. The van der Waals surface area contributed by atoms with Crippen LogP contribution in [0.2, 0.25) is 0 Å². The Morgan fingerprint density at radius 2 is 1.61 bits per heavy atom. The predicted octanol–water partition coefficient (Wildman–Crippen LogP) is 2.10. The van der Waals surface area contributed by atoms with E-state index in [9.17, 15) is 16.8 Å². The van der Waals surface area contributed by atoms with Crippen molar-refractivity contribution in [3.8, 4) is 17.2 Å². The molecule has 3 rings (SSSR count). The monoisotopic (exact) mass is 497 g/mol. The molecule has 1 saturated heterocycles. The lowest BCUT2D eigenvalue weighted by molar-refractivity contribution is 0.397. The fourth-order valence-electron chi connectivity index (χ4n) is 4.09. The molecule has 8 nitrogen and oxygen atoms in total. The Balaban J connectivity index is 1.85. The third kappa shape index (κ3) is 5.44. The van der Waals surface area contributed by atoms with Gasteiger partial charge in [0.1, 0.15) is 22.1 Å². The largest absolute Gasteiger partial charge is 0.497 e. The normalized spacial score (nSPS) is 19.9. The molecule has 1 heterocycles. The van der Waals surface area contributed by atoms with Crippen molar-refractivity contribution < 1.29 is 31.0 Å². The first-order chi connectivity index (χ1) is 15.5. The zero-order chi connectivity index (χ0) is 24.4. The van der Waals surface area contributed by atoms with E-state index in [1.807, 2.05) is 19.9 Å². The molecule has 0 spiro atoms. The zero-order valence-corrected chi connectivity index (χ0v) is 21.2. The Kier molecular flexibility index (Phi) is 7.60. The van der Waals surface area contributed by atoms with Crippen molar-refractivity contribution in [2.75, 3.05) is 39.4 Å². The van der Waals surface area contributed by atoms with Gasteiger partial charge in [0.25, 0.3) is 0 Å². The van der Waals surface area contributed by atoms with Gasteiger partial charge in [-0.05, 0) is 73.8 Å². The van der Waals surface area contributed by atoms with Crippen molar-refractivity contribution in [2.45, 2.75) is 36.5 Å². The van der Waals surface area contributed by atoms with Crippen LogP contribution >= 0.6 is 0 Å². The Hall–Kier alpha value is -2.30. The molecule has 1 aliphatic heterocycles. The van der Waals surface area contributed by atoms with E-state index in [0.717, 1.165) is 16.7 Å². The third-order valence-corrected chi connectivity index (χ3v) is 10.2. The number of ether oxygens (including phenoxy) is 3. The second-order valence-electron chi connectivity index (χ2n) is 8.24. The molecule has 1 aliphatic rings. The van der Waals surface area contributed by atoms with Crippen LogP contribution in [0, 0.1) is 13.8 Å². The van der Waals surface area contributed by atoms with E-state index in [-0.39, 0.29) is 16.4 Å². The highest BCUT2D eigenvalue weighted by Crippen LogP contribution is 2.34. The first-order valence-electron chi connectivity index (χ1n) is 10.6. The lowest BCUT2D eigenvalue weighted by Gasteiger charge is -2.22. The summed E-state index contributed by atoms with van der Waals surface area (Å²) in [5.74, 6) is 0.921. The number of benzene rings is 2. The number of methoxy groups -OCH3 is 3. The van der Waals surface area contributed by atoms with Crippen LogP contribution in [0.1, 0.15) is 16.7 Å². The molecular formula is C23H31NO7S2. The summed E-state index contributed by atoms with van der Waals surface area (Å²) >= 11 is 0. The standard InChI is InChI=1S/C23H31NO7S2/c1-15-10-21(31-5)22(11-16(15)2)33(27,28)23-14-32(25,26)13-19(23)24-9-8-17-12-18(29-3)6-7-20(17)30-4/h6-7,10-12,19,23-24H,8-9,13-14H2,1-5H3/t19-,23-/m0/s1. The molecule has 2 aromatic carbocycles. The second-order valence-corrected chi connectivity index (χ2v) is 12.5. The van der Waals surface area contributed by atoms with Gasteiger partial charge in [0.2, 0.25) is 0 Å². The summed E-state index contributed by atoms with van der Waals surface area (Å²) in [5, 5.41) is 2.06. The van der Waals surface area contributed by atoms with Gasteiger partial charge < -0.3 is 19.5 Å². The van der Waals surface area contributed by atoms with E-state index < -0.39 is 36.7 Å². The zero-order valence-electron chi connectivity index (χ0n) is 19.5. The fourth-order valence-corrected chi connectivity index (χ4v) is 9.03. The number of nitrogens with one attached hydrogen (secondary N) is 1. The van der Waals surface area contributed by atoms with E-state index >= 15 is 0 Å². The van der Waals surface area contributed by atoms with Gasteiger partial charge in [0.15, 0.2) is 19.7 Å². The van der Waals surface area contributed by atoms with Crippen molar-refractivity contribution in [2.24, 2.45) is 0 Å². The van der Waals surface area contributed by atoms with Gasteiger partial charge in [0.05, 0.1) is 38.1 Å². The van der Waals surface area contributed by atoms with E-state index in [1.165, 1.54) is 7.11 Å². The molecule has 10 heteroatoms. The first kappa shape index (κ1) is 25.3. The minimum atomic E-state index is -3.97. The maximum atomic E-state index is 13.6. The van der Waals surface area contributed by atoms with Gasteiger partial charge in [-0.2, -0.15) is 0 Å². The summed E-state index contributed by atoms with van der Waals surface area (Å²) < 4.78 is 68.0. The summed E-state index contributed by atoms with van der Waals surface area (Å²) in [5.41, 5.74) is 2.57. The van der Waals surface area contributed by atoms with Gasteiger partial charge >= 0.3 is 0 Å². The molecule has 0 aromatic heterocycles. The third-order valence-electron chi connectivity index (χ3n) is 6.07. The Morgan fingerprint density at radius 3 is 2.24 bits per heavy atom. The highest BCUT2D eigenvalue weighted by molar-refractivity contribution is 7.96. The van der Waals surface area contributed by atoms with Gasteiger partial charge in [0, 0.05) is 6.04 Å². The van der Waals surface area contributed by atoms with Crippen LogP contribution in [-0.2, 0) is 26.1 Å². The maximum absolute atomic E-state index is 13.6. The summed E-state index contributed by atoms with van der Waals surface area (Å²) in [6.45, 7) is 4.06. The molecule has 182 valence electrons. The van der Waals surface area contributed by atoms with Crippen molar-refractivity contribution in [1.29, 1.82) is 0 Å². The Bertz CT molecular complexity index is 1220. The second kappa shape index (κ2) is 9.90. The van der Waals surface area contributed by atoms with Crippen LogP contribution in [0.25, 0.3) is 0 Å². The smallest absolute Gasteiger partial charge is 0.187 e. The quantitative estimate of drug-likeness (QED) is 0.561. The van der Waals surface area contributed by atoms with Crippen LogP contribution < -0.4 is 19.5 Å². The predicted molar refractivity (Wildman–Crippen MR) is 127 cm³/mol. The van der Waals surface area contributed by atoms with Crippen LogP contribution in [0.5, 0.6) is 17.2 Å². The Morgan fingerprint density at radius 1 is 0.939 bits per heavy atom. The molecular weight excluding hydrogens is 466 g/mol. The molecule has 0 unspecified atom stereocenters. The average molecular weight is 498 g/mol. The molecule has 0 saturated carbocycles. The molecule has 0 radical (unpaired) electrons. The molecule has 2 atom stereocenters. The molecule has 0 amide bonds. The fraction of sp³-hybridized carbons (Fsp3) is 0.478. The van der Waals surface area contributed by atoms with Crippen molar-refractivity contribution >= 4 is 19.7 Å². The van der Waals surface area contributed by atoms with E-state index in [2.05, 4.69) is 5.32 Å². The number of rotatable bonds is 9. The van der Waals surface area contributed by atoms with Gasteiger partial charge in [-0.3, -0.25) is 0 Å². The maximum Gasteiger partial charge on any atom is 0.187 e. The number of hydrogen-bond donors (Lipinski definition) is 1. The van der Waals surface area contributed by atoms with E-state index in [4.69, 9.17) is 14.2 Å². The van der Waals surface area contributed by atoms with Gasteiger partial charge in [-0.25, -0.2) is 16.8 Å². The minimum Gasteiger partial charge on any atom is -0.497 e. The van der Waals surface area contributed by atoms with Crippen molar-refractivity contribution in [3.05, 3.63) is 47.0 Å². The van der Waals surface area contributed by atoms with Gasteiger partial charge in [-0.1, -0.05) is 0 Å². The van der Waals surface area contributed by atoms with Gasteiger partial charge in [-0.15, -0.1) is 0 Å². The molecule has 1 N–H and O–H groups in total. The number of hydrogen-bond acceptors (Lipinski definition) is 8. The van der Waals surface area contributed by atoms with E-state index in [0.29, 0.717) is 24.5 Å². The molecule has 1 fully saturated rings. The SMILES string of the molecule is COc1ccc(OC)c(CCN[C@H]2CS(=O)(=O)C[C@@H]2S(=O)(=O)c2cc(C)c(C)cc2OC)c1. The van der Waals surface area contributed by atoms with Crippen molar-refractivity contribution in [1.82, 2.24) is 5.32 Å². The van der Waals surface area contributed by atoms with Crippen LogP contribution in [0.4, 0.5) is 0 Å². The number of sulfone groups is 2. The first-order valence-corrected chi connectivity index (χ1v) is 13.9. The molecule has 2 aromatic rings. The summed E-state index contributed by atoms with van der Waals surface area (Å²) in [6, 6.07) is 7.94. The lowest BCUT2D eigenvalue weighted by Crippen LogP contribution is -2.44. The highest BCUT2D eigenvalue weighted by Gasteiger charge is 2.46. The van der Waals surface area contributed by atoms with Crippen LogP contribution in [0.15, 0.2) is 35.2 Å². The average Bonchev–Trinajstić information content (AvgIpc) is 3.10. The summed E-state index contributed by atoms with van der Waals surface area (Å²) in [4.78, 5) is 0.0245. The summed E-state index contributed by atoms with van der Waals surface area (Å²) in [7, 11) is -2.94. The van der Waals surface area contributed by atoms with Crippen LogP contribution in [-0.4, -0.2) is 67.5 Å². The van der Waals surface area contributed by atoms with E-state index in [1.54, 1.807) is 38.5 Å².